The molecule has 0 radical (unpaired) electrons. The summed E-state index contributed by atoms with van der Waals surface area (Å²) in [5.41, 5.74) is 0.699. The molecule has 0 aliphatic rings. The standard InChI is InChI=1S/C4H7O.Li/c1-4(2)3-5;/h1,3H2,2H3;/q-1;+1. The maximum absolute atomic E-state index is 9.53. The predicted octanol–water partition coefficient (Wildman–Crippen LogP) is -3.07. The van der Waals surface area contributed by atoms with E-state index in [1.807, 2.05) is 0 Å². The van der Waals surface area contributed by atoms with E-state index in [9.17, 15) is 5.11 Å². The fraction of sp³-hybridized carbons (Fsp3) is 0.500. The third-order valence-corrected chi connectivity index (χ3v) is 0.246. The minimum atomic E-state index is -0.139. The summed E-state index contributed by atoms with van der Waals surface area (Å²) in [4.78, 5) is 0. The largest absolute Gasteiger partial charge is 1.00 e. The van der Waals surface area contributed by atoms with Gasteiger partial charge >= 0.3 is 18.9 Å². The summed E-state index contributed by atoms with van der Waals surface area (Å²) in [6.45, 7) is 4.94. The van der Waals surface area contributed by atoms with Crippen LogP contribution in [-0.4, -0.2) is 6.61 Å². The van der Waals surface area contributed by atoms with E-state index in [2.05, 4.69) is 6.58 Å². The van der Waals surface area contributed by atoms with Crippen molar-refractivity contribution < 1.29 is 24.0 Å². The van der Waals surface area contributed by atoms with E-state index >= 15 is 0 Å². The summed E-state index contributed by atoms with van der Waals surface area (Å²) < 4.78 is 0. The molecule has 0 saturated heterocycles. The van der Waals surface area contributed by atoms with E-state index in [0.717, 1.165) is 0 Å². The molecule has 0 heterocycles. The summed E-state index contributed by atoms with van der Waals surface area (Å²) in [6, 6.07) is 0. The minimum Gasteiger partial charge on any atom is -0.851 e. The van der Waals surface area contributed by atoms with Crippen molar-refractivity contribution in [1.29, 1.82) is 0 Å². The van der Waals surface area contributed by atoms with Crippen molar-refractivity contribution >= 4 is 0 Å². The van der Waals surface area contributed by atoms with Crippen LogP contribution in [0.25, 0.3) is 0 Å². The molecule has 0 atom stereocenters. The van der Waals surface area contributed by atoms with Crippen LogP contribution in [0.3, 0.4) is 0 Å². The van der Waals surface area contributed by atoms with Gasteiger partial charge in [0.15, 0.2) is 0 Å². The van der Waals surface area contributed by atoms with Crippen LogP contribution in [0.5, 0.6) is 0 Å². The van der Waals surface area contributed by atoms with Crippen LogP contribution >= 0.6 is 0 Å². The normalized spacial score (nSPS) is 6.33. The van der Waals surface area contributed by atoms with E-state index in [0.29, 0.717) is 5.57 Å². The topological polar surface area (TPSA) is 23.1 Å². The van der Waals surface area contributed by atoms with Crippen LogP contribution < -0.4 is 24.0 Å². The molecule has 0 aromatic heterocycles. The molecule has 0 bridgehead atoms. The zero-order valence-electron chi connectivity index (χ0n) is 4.32. The van der Waals surface area contributed by atoms with Gasteiger partial charge in [0.25, 0.3) is 0 Å². The van der Waals surface area contributed by atoms with Crippen LogP contribution in [0.2, 0.25) is 0 Å². The van der Waals surface area contributed by atoms with E-state index in [4.69, 9.17) is 0 Å². The molecule has 30 valence electrons. The van der Waals surface area contributed by atoms with E-state index < -0.39 is 0 Å². The van der Waals surface area contributed by atoms with E-state index in [-0.39, 0.29) is 25.5 Å². The molecule has 0 aromatic carbocycles. The smallest absolute Gasteiger partial charge is 0.851 e. The van der Waals surface area contributed by atoms with E-state index in [1.54, 1.807) is 6.92 Å². The van der Waals surface area contributed by atoms with Crippen molar-refractivity contribution in [2.45, 2.75) is 6.92 Å². The van der Waals surface area contributed by atoms with Gasteiger partial charge in [-0.3, -0.25) is 0 Å². The zero-order chi connectivity index (χ0) is 4.28. The third-order valence-electron chi connectivity index (χ3n) is 0.246. The molecule has 0 saturated carbocycles. The van der Waals surface area contributed by atoms with Gasteiger partial charge in [-0.15, -0.1) is 13.2 Å². The molecule has 0 spiro atoms. The monoisotopic (exact) mass is 78.1 g/mol. The first-order valence-corrected chi connectivity index (χ1v) is 1.50. The van der Waals surface area contributed by atoms with Gasteiger partial charge in [0, 0.05) is 0 Å². The first-order valence-electron chi connectivity index (χ1n) is 1.50. The third kappa shape index (κ3) is 8.85. The van der Waals surface area contributed by atoms with Gasteiger partial charge in [0.1, 0.15) is 0 Å². The second-order valence-corrected chi connectivity index (χ2v) is 1.10. The van der Waals surface area contributed by atoms with Crippen molar-refractivity contribution in [2.75, 3.05) is 6.61 Å². The number of rotatable bonds is 1. The number of hydrogen-bond donors (Lipinski definition) is 0. The molecule has 0 fully saturated rings. The Balaban J connectivity index is 0. The molecule has 1 nitrogen and oxygen atoms in total. The average Bonchev–Trinajstić information content (AvgIpc) is 1.38. The Morgan fingerprint density at radius 1 is 1.83 bits per heavy atom. The maximum Gasteiger partial charge on any atom is 1.00 e. The fourth-order valence-electron chi connectivity index (χ4n) is 0. The Labute approximate surface area is 50.2 Å². The van der Waals surface area contributed by atoms with Crippen molar-refractivity contribution in [3.05, 3.63) is 12.2 Å². The first kappa shape index (κ1) is 9.57. The summed E-state index contributed by atoms with van der Waals surface area (Å²) in [7, 11) is 0. The van der Waals surface area contributed by atoms with Crippen LogP contribution in [0, 0.1) is 0 Å². The van der Waals surface area contributed by atoms with Crippen molar-refractivity contribution in [1.82, 2.24) is 0 Å². The summed E-state index contributed by atoms with van der Waals surface area (Å²) in [5, 5.41) is 9.53. The predicted molar refractivity (Wildman–Crippen MR) is 19.7 cm³/mol. The fourth-order valence-corrected chi connectivity index (χ4v) is 0. The maximum atomic E-state index is 9.53. The second kappa shape index (κ2) is 5.30. The molecule has 0 aliphatic heterocycles. The van der Waals surface area contributed by atoms with Gasteiger partial charge in [-0.2, -0.15) is 0 Å². The molecule has 0 rings (SSSR count). The Morgan fingerprint density at radius 3 is 2.00 bits per heavy atom. The molecule has 0 amide bonds. The molecule has 0 aliphatic carbocycles. The van der Waals surface area contributed by atoms with Gasteiger partial charge in [-0.1, -0.05) is 5.57 Å². The van der Waals surface area contributed by atoms with Gasteiger partial charge in [-0.05, 0) is 6.92 Å². The minimum absolute atomic E-state index is 0. The molecule has 6 heavy (non-hydrogen) atoms. The Kier molecular flexibility index (Phi) is 8.45. The molecular weight excluding hydrogens is 71.0 g/mol. The van der Waals surface area contributed by atoms with Gasteiger partial charge in [0.05, 0.1) is 0 Å². The van der Waals surface area contributed by atoms with Crippen LogP contribution in [0.15, 0.2) is 12.2 Å². The first-order chi connectivity index (χ1) is 2.27. The van der Waals surface area contributed by atoms with Crippen LogP contribution in [0.1, 0.15) is 6.92 Å². The Morgan fingerprint density at radius 2 is 2.00 bits per heavy atom. The van der Waals surface area contributed by atoms with E-state index in [1.165, 1.54) is 0 Å². The Bertz CT molecular complexity index is 42.8. The average molecular weight is 78.0 g/mol. The van der Waals surface area contributed by atoms with Crippen molar-refractivity contribution in [3.8, 4) is 0 Å². The van der Waals surface area contributed by atoms with Crippen molar-refractivity contribution in [3.63, 3.8) is 0 Å². The molecule has 0 unspecified atom stereocenters. The van der Waals surface area contributed by atoms with Crippen molar-refractivity contribution in [2.24, 2.45) is 0 Å². The second-order valence-electron chi connectivity index (χ2n) is 1.10. The molecule has 0 aromatic rings. The van der Waals surface area contributed by atoms with Gasteiger partial charge in [0.2, 0.25) is 0 Å². The summed E-state index contributed by atoms with van der Waals surface area (Å²) in [6.07, 6.45) is 0. The zero-order valence-corrected chi connectivity index (χ0v) is 4.32. The SMILES string of the molecule is C=C(C)C[O-].[Li+]. The molecule has 2 heteroatoms. The Hall–Kier alpha value is 0.297. The molecular formula is C4H7LiO. The van der Waals surface area contributed by atoms with Crippen LogP contribution in [-0.2, 0) is 0 Å². The summed E-state index contributed by atoms with van der Waals surface area (Å²) >= 11 is 0. The van der Waals surface area contributed by atoms with Gasteiger partial charge < -0.3 is 5.11 Å². The summed E-state index contributed by atoms with van der Waals surface area (Å²) in [5.74, 6) is 0. The molecule has 0 N–H and O–H groups in total. The quantitative estimate of drug-likeness (QED) is 0.241. The van der Waals surface area contributed by atoms with Gasteiger partial charge in [-0.25, -0.2) is 0 Å². The van der Waals surface area contributed by atoms with Crippen LogP contribution in [0.4, 0.5) is 0 Å². The number of hydrogen-bond acceptors (Lipinski definition) is 1.